The van der Waals surface area contributed by atoms with Gasteiger partial charge in [0.1, 0.15) is 11.4 Å². The lowest BCUT2D eigenvalue weighted by molar-refractivity contribution is -0.156. The zero-order valence-electron chi connectivity index (χ0n) is 20.5. The third-order valence-electron chi connectivity index (χ3n) is 8.34. The Labute approximate surface area is 205 Å². The predicted octanol–water partition coefficient (Wildman–Crippen LogP) is 2.43. The molecule has 1 saturated carbocycles. The predicted molar refractivity (Wildman–Crippen MR) is 131 cm³/mol. The van der Waals surface area contributed by atoms with Gasteiger partial charge in [-0.1, -0.05) is 6.58 Å². The summed E-state index contributed by atoms with van der Waals surface area (Å²) in [6.45, 7) is 10.6. The van der Waals surface area contributed by atoms with Crippen LogP contribution in [0.15, 0.2) is 24.8 Å². The Morgan fingerprint density at radius 3 is 2.74 bits per heavy atom. The molecule has 2 atom stereocenters. The van der Waals surface area contributed by atoms with Crippen molar-refractivity contribution in [3.8, 4) is 0 Å². The van der Waals surface area contributed by atoms with E-state index in [2.05, 4.69) is 27.4 Å². The third kappa shape index (κ3) is 3.90. The Morgan fingerprint density at radius 1 is 1.31 bits per heavy atom. The van der Waals surface area contributed by atoms with Gasteiger partial charge >= 0.3 is 0 Å². The number of anilines is 2. The average molecular weight is 484 g/mol. The number of piperidine rings is 1. The first-order valence-electron chi connectivity index (χ1n) is 12.6. The normalized spacial score (nSPS) is 27.5. The second-order valence-electron chi connectivity index (χ2n) is 10.7. The van der Waals surface area contributed by atoms with Crippen molar-refractivity contribution in [3.05, 3.63) is 36.2 Å². The number of amides is 3. The van der Waals surface area contributed by atoms with Crippen molar-refractivity contribution < 1.29 is 18.8 Å². The van der Waals surface area contributed by atoms with Crippen LogP contribution < -0.4 is 16.0 Å². The van der Waals surface area contributed by atoms with Crippen LogP contribution in [-0.4, -0.2) is 66.3 Å². The van der Waals surface area contributed by atoms with Crippen LogP contribution in [0, 0.1) is 17.2 Å². The summed E-state index contributed by atoms with van der Waals surface area (Å²) < 4.78 is 14.5. The number of likely N-dealkylation sites (tertiary alicyclic amines) is 2. The van der Waals surface area contributed by atoms with Gasteiger partial charge in [0.25, 0.3) is 0 Å². The van der Waals surface area contributed by atoms with Crippen molar-refractivity contribution in [3.63, 3.8) is 0 Å². The molecular formula is C26H34FN5O3. The molecule has 2 saturated heterocycles. The fourth-order valence-corrected chi connectivity index (χ4v) is 6.42. The highest BCUT2D eigenvalue weighted by Crippen LogP contribution is 2.52. The van der Waals surface area contributed by atoms with E-state index in [1.807, 2.05) is 13.8 Å². The molecule has 1 spiro atoms. The fraction of sp³-hybridized carbons (Fsp3) is 0.577. The number of nitrogens with one attached hydrogen (secondary N) is 3. The molecule has 1 aromatic rings. The lowest BCUT2D eigenvalue weighted by Gasteiger charge is -2.58. The van der Waals surface area contributed by atoms with E-state index >= 15 is 0 Å². The molecule has 1 unspecified atom stereocenters. The van der Waals surface area contributed by atoms with Gasteiger partial charge in [0.15, 0.2) is 0 Å². The minimum Gasteiger partial charge on any atom is -0.384 e. The van der Waals surface area contributed by atoms with Crippen LogP contribution in [0.25, 0.3) is 0 Å². The van der Waals surface area contributed by atoms with Crippen molar-refractivity contribution >= 4 is 29.1 Å². The lowest BCUT2D eigenvalue weighted by Crippen LogP contribution is -2.65. The van der Waals surface area contributed by atoms with Gasteiger partial charge in [-0.05, 0) is 64.3 Å². The molecule has 3 heterocycles. The van der Waals surface area contributed by atoms with Gasteiger partial charge in [-0.25, -0.2) is 4.39 Å². The van der Waals surface area contributed by atoms with Gasteiger partial charge in [0, 0.05) is 49.1 Å². The number of halogens is 1. The Bertz CT molecular complexity index is 1080. The van der Waals surface area contributed by atoms with Crippen molar-refractivity contribution in [1.29, 1.82) is 0 Å². The van der Waals surface area contributed by atoms with Crippen LogP contribution >= 0.6 is 0 Å². The van der Waals surface area contributed by atoms with Gasteiger partial charge in [0.2, 0.25) is 17.7 Å². The Kier molecular flexibility index (Phi) is 5.86. The smallest absolute Gasteiger partial charge is 0.249 e. The van der Waals surface area contributed by atoms with Crippen molar-refractivity contribution in [2.45, 2.75) is 51.1 Å². The maximum Gasteiger partial charge on any atom is 0.249 e. The number of hydrogen-bond donors (Lipinski definition) is 3. The number of benzene rings is 1. The molecule has 0 bridgehead atoms. The Balaban J connectivity index is 1.23. The van der Waals surface area contributed by atoms with Crippen molar-refractivity contribution in [2.75, 3.05) is 43.4 Å². The van der Waals surface area contributed by atoms with Gasteiger partial charge in [-0.2, -0.15) is 0 Å². The standard InChI is InChI=1S/C26H34FN5O3/c1-4-21(33)31-14-26(15-31)11-16(12-26)23(34)29-18-7-6-8-32(13-18)25(3)19-9-17(27)10-20(28-5-2)22(19)30-24(25)35/h4,9-10,16,18,28H,1,5-8,11-15H2,2-3H3,(H,29,34)(H,30,35)/t18-,25?/m1/s1. The molecule has 1 aliphatic carbocycles. The molecule has 1 aromatic carbocycles. The average Bonchev–Trinajstić information content (AvgIpc) is 3.03. The SMILES string of the molecule is C=CC(=O)N1CC2(CC(C(=O)N[C@@H]3CCCN(C4(C)C(=O)Nc5c(NCC)cc(F)cc54)C3)C2)C1. The summed E-state index contributed by atoms with van der Waals surface area (Å²) in [6, 6.07) is 2.79. The minimum absolute atomic E-state index is 0.0331. The summed E-state index contributed by atoms with van der Waals surface area (Å²) in [5, 5.41) is 9.32. The van der Waals surface area contributed by atoms with Gasteiger partial charge in [0.05, 0.1) is 11.4 Å². The summed E-state index contributed by atoms with van der Waals surface area (Å²) in [6.07, 6.45) is 4.62. The molecule has 3 aliphatic heterocycles. The summed E-state index contributed by atoms with van der Waals surface area (Å²) in [4.78, 5) is 41.7. The third-order valence-corrected chi connectivity index (χ3v) is 8.34. The summed E-state index contributed by atoms with van der Waals surface area (Å²) >= 11 is 0. The highest BCUT2D eigenvalue weighted by molar-refractivity contribution is 6.08. The number of nitrogens with zero attached hydrogens (tertiary/aromatic N) is 2. The van der Waals surface area contributed by atoms with Gasteiger partial charge < -0.3 is 20.9 Å². The van der Waals surface area contributed by atoms with Crippen molar-refractivity contribution in [2.24, 2.45) is 11.3 Å². The van der Waals surface area contributed by atoms with E-state index in [0.29, 0.717) is 49.7 Å². The van der Waals surface area contributed by atoms with Crippen LogP contribution in [0.5, 0.6) is 0 Å². The zero-order valence-corrected chi connectivity index (χ0v) is 20.5. The topological polar surface area (TPSA) is 93.8 Å². The molecule has 8 nitrogen and oxygen atoms in total. The van der Waals surface area contributed by atoms with Gasteiger partial charge in [-0.3, -0.25) is 19.3 Å². The number of carbonyl (C=O) groups is 3. The molecule has 5 rings (SSSR count). The number of hydrogen-bond acceptors (Lipinski definition) is 5. The number of carbonyl (C=O) groups excluding carboxylic acids is 3. The molecule has 3 N–H and O–H groups in total. The summed E-state index contributed by atoms with van der Waals surface area (Å²) in [5.74, 6) is -0.581. The lowest BCUT2D eigenvalue weighted by atomic mass is 9.57. The second-order valence-corrected chi connectivity index (χ2v) is 10.7. The van der Waals surface area contributed by atoms with E-state index in [-0.39, 0.29) is 40.9 Å². The zero-order chi connectivity index (χ0) is 25.0. The van der Waals surface area contributed by atoms with Crippen LogP contribution in [0.3, 0.4) is 0 Å². The fourth-order valence-electron chi connectivity index (χ4n) is 6.42. The molecule has 3 amide bonds. The second kappa shape index (κ2) is 8.62. The van der Waals surface area contributed by atoms with Gasteiger partial charge in [-0.15, -0.1) is 0 Å². The maximum absolute atomic E-state index is 14.5. The molecule has 4 aliphatic rings. The van der Waals surface area contributed by atoms with Crippen LogP contribution in [0.2, 0.25) is 0 Å². The Morgan fingerprint density at radius 2 is 2.06 bits per heavy atom. The molecule has 35 heavy (non-hydrogen) atoms. The first-order chi connectivity index (χ1) is 16.7. The number of rotatable bonds is 6. The maximum atomic E-state index is 14.5. The van der Waals surface area contributed by atoms with E-state index < -0.39 is 5.54 Å². The highest BCUT2D eigenvalue weighted by Gasteiger charge is 2.55. The molecule has 9 heteroatoms. The molecular weight excluding hydrogens is 449 g/mol. The monoisotopic (exact) mass is 483 g/mol. The van der Waals surface area contributed by atoms with E-state index in [1.54, 1.807) is 4.90 Å². The largest absolute Gasteiger partial charge is 0.384 e. The molecule has 3 fully saturated rings. The first-order valence-corrected chi connectivity index (χ1v) is 12.6. The van der Waals surface area contributed by atoms with E-state index in [9.17, 15) is 18.8 Å². The minimum atomic E-state index is -1.00. The first kappa shape index (κ1) is 23.8. The highest BCUT2D eigenvalue weighted by atomic mass is 19.1. The van der Waals surface area contributed by atoms with E-state index in [0.717, 1.165) is 25.7 Å². The Hall–Kier alpha value is -2.94. The molecule has 0 aromatic heterocycles. The van der Waals surface area contributed by atoms with Crippen LogP contribution in [-0.2, 0) is 19.9 Å². The van der Waals surface area contributed by atoms with Crippen molar-refractivity contribution in [1.82, 2.24) is 15.1 Å². The van der Waals surface area contributed by atoms with E-state index in [4.69, 9.17) is 0 Å². The molecule has 0 radical (unpaired) electrons. The number of fused-ring (bicyclic) bond motifs is 1. The summed E-state index contributed by atoms with van der Waals surface area (Å²) in [7, 11) is 0. The molecule has 188 valence electrons. The summed E-state index contributed by atoms with van der Waals surface area (Å²) in [5.41, 5.74) is 0.946. The van der Waals surface area contributed by atoms with Crippen LogP contribution in [0.1, 0.15) is 45.1 Å². The quantitative estimate of drug-likeness (QED) is 0.541. The van der Waals surface area contributed by atoms with Crippen LogP contribution in [0.4, 0.5) is 15.8 Å². The van der Waals surface area contributed by atoms with E-state index in [1.165, 1.54) is 18.2 Å².